The van der Waals surface area contributed by atoms with Gasteiger partial charge in [-0.2, -0.15) is 0 Å². The molecule has 1 aromatic heterocycles. The molecule has 1 saturated heterocycles. The van der Waals surface area contributed by atoms with Crippen LogP contribution < -0.4 is 5.32 Å². The zero-order chi connectivity index (χ0) is 17.7. The third kappa shape index (κ3) is 5.07. The quantitative estimate of drug-likeness (QED) is 0.670. The molecule has 0 aromatic carbocycles. The first-order valence-corrected chi connectivity index (χ1v) is 8.06. The molecule has 1 aromatic rings. The monoisotopic (exact) mass is 336 g/mol. The van der Waals surface area contributed by atoms with Gasteiger partial charge in [0.2, 0.25) is 0 Å². The van der Waals surface area contributed by atoms with Crippen LogP contribution in [0.5, 0.6) is 0 Å². The summed E-state index contributed by atoms with van der Waals surface area (Å²) in [5, 5.41) is 14.1. The van der Waals surface area contributed by atoms with Crippen molar-refractivity contribution in [1.82, 2.24) is 9.88 Å². The second kappa shape index (κ2) is 7.46. The van der Waals surface area contributed by atoms with Gasteiger partial charge in [0.1, 0.15) is 17.5 Å². The lowest BCUT2D eigenvalue weighted by Crippen LogP contribution is -2.42. The highest BCUT2D eigenvalue weighted by molar-refractivity contribution is 5.68. The van der Waals surface area contributed by atoms with Gasteiger partial charge in [0.15, 0.2) is 0 Å². The van der Waals surface area contributed by atoms with Crippen LogP contribution in [0, 0.1) is 16.0 Å². The van der Waals surface area contributed by atoms with Crippen LogP contribution in [0.4, 0.5) is 16.2 Å². The van der Waals surface area contributed by atoms with E-state index in [0.717, 1.165) is 12.8 Å². The van der Waals surface area contributed by atoms with Crippen LogP contribution >= 0.6 is 0 Å². The maximum atomic E-state index is 12.0. The Hall–Kier alpha value is -2.38. The lowest BCUT2D eigenvalue weighted by Gasteiger charge is -2.33. The summed E-state index contributed by atoms with van der Waals surface area (Å²) >= 11 is 0. The first kappa shape index (κ1) is 18.0. The van der Waals surface area contributed by atoms with E-state index in [1.54, 1.807) is 11.0 Å². The molecule has 2 heterocycles. The van der Waals surface area contributed by atoms with E-state index in [-0.39, 0.29) is 11.8 Å². The van der Waals surface area contributed by atoms with Gasteiger partial charge in [-0.1, -0.05) is 0 Å². The predicted octanol–water partition coefficient (Wildman–Crippen LogP) is 3.05. The summed E-state index contributed by atoms with van der Waals surface area (Å²) in [6.07, 6.45) is 4.17. The molecule has 8 nitrogen and oxygen atoms in total. The fraction of sp³-hybridized carbons (Fsp3) is 0.625. The highest BCUT2D eigenvalue weighted by atomic mass is 16.6. The number of nitro groups is 1. The smallest absolute Gasteiger partial charge is 0.410 e. The number of nitrogens with zero attached hydrogens (tertiary/aromatic N) is 3. The molecule has 0 radical (unpaired) electrons. The molecule has 1 fully saturated rings. The van der Waals surface area contributed by atoms with Gasteiger partial charge in [-0.25, -0.2) is 4.79 Å². The lowest BCUT2D eigenvalue weighted by atomic mass is 9.97. The molecular formula is C16H24N4O4. The average molecular weight is 336 g/mol. The number of carbonyl (C=O) groups is 1. The van der Waals surface area contributed by atoms with Gasteiger partial charge >= 0.3 is 11.8 Å². The van der Waals surface area contributed by atoms with Crippen molar-refractivity contribution in [1.29, 1.82) is 0 Å². The van der Waals surface area contributed by atoms with Crippen molar-refractivity contribution in [2.24, 2.45) is 5.92 Å². The van der Waals surface area contributed by atoms with Gasteiger partial charge in [0.25, 0.3) is 0 Å². The summed E-state index contributed by atoms with van der Waals surface area (Å²) in [6, 6.07) is 1.61. The van der Waals surface area contributed by atoms with Crippen LogP contribution in [0.1, 0.15) is 33.6 Å². The molecule has 24 heavy (non-hydrogen) atoms. The van der Waals surface area contributed by atoms with Gasteiger partial charge in [0.05, 0.1) is 4.92 Å². The number of hydrogen-bond acceptors (Lipinski definition) is 6. The molecule has 0 unspecified atom stereocenters. The maximum absolute atomic E-state index is 12.0. The Bertz CT molecular complexity index is 592. The molecule has 132 valence electrons. The SMILES string of the molecule is CC(C)(C)OC(=O)N1CCC(CNc2ccncc2[N+](=O)[O-])CC1. The lowest BCUT2D eigenvalue weighted by molar-refractivity contribution is -0.384. The minimum Gasteiger partial charge on any atom is -0.444 e. The number of pyridine rings is 1. The maximum Gasteiger partial charge on any atom is 0.410 e. The molecule has 1 aliphatic rings. The average Bonchev–Trinajstić information content (AvgIpc) is 2.52. The zero-order valence-electron chi connectivity index (χ0n) is 14.3. The molecular weight excluding hydrogens is 312 g/mol. The van der Waals surface area contributed by atoms with E-state index in [1.807, 2.05) is 20.8 Å². The molecule has 8 heteroatoms. The highest BCUT2D eigenvalue weighted by Crippen LogP contribution is 2.24. The number of ether oxygens (including phenoxy) is 1. The third-order valence-electron chi connectivity index (χ3n) is 3.84. The fourth-order valence-corrected chi connectivity index (χ4v) is 2.58. The number of aromatic nitrogens is 1. The van der Waals surface area contributed by atoms with Crippen molar-refractivity contribution < 1.29 is 14.5 Å². The van der Waals surface area contributed by atoms with E-state index in [0.29, 0.717) is 31.2 Å². The number of likely N-dealkylation sites (tertiary alicyclic amines) is 1. The molecule has 2 rings (SSSR count). The summed E-state index contributed by atoms with van der Waals surface area (Å²) in [4.78, 5) is 28.1. The number of hydrogen-bond donors (Lipinski definition) is 1. The summed E-state index contributed by atoms with van der Waals surface area (Å²) < 4.78 is 5.37. The first-order chi connectivity index (χ1) is 11.3. The molecule has 0 saturated carbocycles. The van der Waals surface area contributed by atoms with Crippen molar-refractivity contribution in [2.45, 2.75) is 39.2 Å². The van der Waals surface area contributed by atoms with Gasteiger partial charge in [-0.3, -0.25) is 15.1 Å². The summed E-state index contributed by atoms with van der Waals surface area (Å²) in [7, 11) is 0. The van der Waals surface area contributed by atoms with Crippen molar-refractivity contribution in [3.05, 3.63) is 28.6 Å². The summed E-state index contributed by atoms with van der Waals surface area (Å²) in [5.41, 5.74) is -0.0382. The van der Waals surface area contributed by atoms with E-state index >= 15 is 0 Å². The Balaban J connectivity index is 1.82. The topological polar surface area (TPSA) is 97.6 Å². The van der Waals surface area contributed by atoms with Crippen LogP contribution in [-0.2, 0) is 4.74 Å². The third-order valence-corrected chi connectivity index (χ3v) is 3.84. The number of rotatable bonds is 4. The van der Waals surface area contributed by atoms with Gasteiger partial charge in [-0.05, 0) is 45.6 Å². The van der Waals surface area contributed by atoms with Crippen molar-refractivity contribution in [3.63, 3.8) is 0 Å². The number of amides is 1. The van der Waals surface area contributed by atoms with E-state index in [2.05, 4.69) is 10.3 Å². The molecule has 1 N–H and O–H groups in total. The van der Waals surface area contributed by atoms with Crippen molar-refractivity contribution in [3.8, 4) is 0 Å². The number of carbonyl (C=O) groups excluding carboxylic acids is 1. The van der Waals surface area contributed by atoms with Gasteiger partial charge < -0.3 is 15.0 Å². The van der Waals surface area contributed by atoms with E-state index in [4.69, 9.17) is 4.74 Å². The largest absolute Gasteiger partial charge is 0.444 e. The van der Waals surface area contributed by atoms with E-state index in [1.165, 1.54) is 12.4 Å². The number of piperidine rings is 1. The molecule has 0 aliphatic carbocycles. The molecule has 1 amide bonds. The van der Waals surface area contributed by atoms with Crippen molar-refractivity contribution >= 4 is 17.5 Å². The molecule has 0 bridgehead atoms. The van der Waals surface area contributed by atoms with Crippen LogP contribution in [0.15, 0.2) is 18.5 Å². The van der Waals surface area contributed by atoms with Gasteiger partial charge in [0, 0.05) is 25.8 Å². The Morgan fingerprint density at radius 1 is 1.46 bits per heavy atom. The fourth-order valence-electron chi connectivity index (χ4n) is 2.58. The summed E-state index contributed by atoms with van der Waals surface area (Å²) in [5.74, 6) is 0.358. The second-order valence-electron chi connectivity index (χ2n) is 6.94. The van der Waals surface area contributed by atoms with E-state index in [9.17, 15) is 14.9 Å². The summed E-state index contributed by atoms with van der Waals surface area (Å²) in [6.45, 7) is 7.46. The molecule has 1 aliphatic heterocycles. The predicted molar refractivity (Wildman–Crippen MR) is 89.9 cm³/mol. The number of anilines is 1. The van der Waals surface area contributed by atoms with Crippen LogP contribution in [-0.4, -0.2) is 46.1 Å². The van der Waals surface area contributed by atoms with Crippen LogP contribution in [0.25, 0.3) is 0 Å². The molecule has 0 spiro atoms. The number of nitrogens with one attached hydrogen (secondary N) is 1. The van der Waals surface area contributed by atoms with Crippen LogP contribution in [0.3, 0.4) is 0 Å². The van der Waals surface area contributed by atoms with Crippen molar-refractivity contribution in [2.75, 3.05) is 25.0 Å². The Labute approximate surface area is 141 Å². The standard InChI is InChI=1S/C16H24N4O4/c1-16(2,3)24-15(21)19-8-5-12(6-9-19)10-18-13-4-7-17-11-14(13)20(22)23/h4,7,11-12H,5-6,8-10H2,1-3H3,(H,17,18). The first-order valence-electron chi connectivity index (χ1n) is 8.06. The zero-order valence-corrected chi connectivity index (χ0v) is 14.3. The Kier molecular flexibility index (Phi) is 5.58. The molecule has 0 atom stereocenters. The Morgan fingerprint density at radius 3 is 2.71 bits per heavy atom. The minimum atomic E-state index is -0.490. The minimum absolute atomic E-state index is 0.0244. The van der Waals surface area contributed by atoms with E-state index < -0.39 is 10.5 Å². The Morgan fingerprint density at radius 2 is 2.12 bits per heavy atom. The van der Waals surface area contributed by atoms with Gasteiger partial charge in [-0.15, -0.1) is 0 Å². The second-order valence-corrected chi connectivity index (χ2v) is 6.94. The normalized spacial score (nSPS) is 15.9. The van der Waals surface area contributed by atoms with Crippen LogP contribution in [0.2, 0.25) is 0 Å². The highest BCUT2D eigenvalue weighted by Gasteiger charge is 2.27.